The zero-order valence-electron chi connectivity index (χ0n) is 9.44. The van der Waals surface area contributed by atoms with E-state index in [-0.39, 0.29) is 17.1 Å². The van der Waals surface area contributed by atoms with E-state index in [1.165, 1.54) is 29.5 Å². The van der Waals surface area contributed by atoms with Crippen molar-refractivity contribution in [2.45, 2.75) is 0 Å². The normalized spacial score (nSPS) is 10.7. The molecule has 0 amide bonds. The van der Waals surface area contributed by atoms with E-state index in [0.29, 0.717) is 10.9 Å². The molecular weight excluding hydrogens is 250 g/mol. The molecular formula is C11H7N5O3. The maximum absolute atomic E-state index is 11.8. The van der Waals surface area contributed by atoms with Crippen LogP contribution in [0.2, 0.25) is 0 Å². The van der Waals surface area contributed by atoms with Gasteiger partial charge in [0, 0.05) is 12.4 Å². The minimum absolute atomic E-state index is 0.00827. The monoisotopic (exact) mass is 257 g/mol. The Morgan fingerprint density at radius 1 is 1.37 bits per heavy atom. The molecule has 0 unspecified atom stereocenters. The van der Waals surface area contributed by atoms with Gasteiger partial charge in [0.05, 0.1) is 28.9 Å². The Morgan fingerprint density at radius 2 is 2.21 bits per heavy atom. The standard InChI is InChI=1S/C11H7N5O3/c17-9-7-1-2-12-4-8(7)14-11(15-9)16-5-6(3-13-16)10(18)19/h1-5H,(H,18,19)(H,14,15,17). The highest BCUT2D eigenvalue weighted by Gasteiger charge is 2.10. The van der Waals surface area contributed by atoms with Gasteiger partial charge in [-0.05, 0) is 6.07 Å². The quantitative estimate of drug-likeness (QED) is 0.678. The molecule has 0 saturated heterocycles. The van der Waals surface area contributed by atoms with E-state index in [1.54, 1.807) is 6.07 Å². The lowest BCUT2D eigenvalue weighted by atomic mass is 10.3. The third-order valence-corrected chi connectivity index (χ3v) is 2.54. The van der Waals surface area contributed by atoms with Gasteiger partial charge in [-0.15, -0.1) is 0 Å². The van der Waals surface area contributed by atoms with Crippen molar-refractivity contribution in [1.29, 1.82) is 0 Å². The number of aromatic amines is 1. The van der Waals surface area contributed by atoms with Crippen molar-refractivity contribution in [3.8, 4) is 5.95 Å². The molecule has 8 nitrogen and oxygen atoms in total. The van der Waals surface area contributed by atoms with Gasteiger partial charge in [-0.3, -0.25) is 14.8 Å². The molecule has 94 valence electrons. The number of carbonyl (C=O) groups is 1. The highest BCUT2D eigenvalue weighted by Crippen LogP contribution is 2.07. The van der Waals surface area contributed by atoms with Gasteiger partial charge in [0.15, 0.2) is 0 Å². The van der Waals surface area contributed by atoms with Gasteiger partial charge in [-0.2, -0.15) is 5.10 Å². The Bertz CT molecular complexity index is 835. The molecule has 3 rings (SSSR count). The molecule has 0 aliphatic carbocycles. The molecule has 19 heavy (non-hydrogen) atoms. The molecule has 0 aliphatic heterocycles. The number of nitrogens with one attached hydrogen (secondary N) is 1. The summed E-state index contributed by atoms with van der Waals surface area (Å²) in [5.41, 5.74) is 0.0809. The third kappa shape index (κ3) is 1.84. The first kappa shape index (κ1) is 11.1. The third-order valence-electron chi connectivity index (χ3n) is 2.54. The van der Waals surface area contributed by atoms with Crippen molar-refractivity contribution < 1.29 is 9.90 Å². The Morgan fingerprint density at radius 3 is 2.95 bits per heavy atom. The SMILES string of the molecule is O=C(O)c1cnn(-c2nc3cnccc3c(=O)[nH]2)c1. The lowest BCUT2D eigenvalue weighted by Gasteiger charge is -2.01. The van der Waals surface area contributed by atoms with Crippen LogP contribution in [0.25, 0.3) is 16.9 Å². The summed E-state index contributed by atoms with van der Waals surface area (Å²) in [6, 6.07) is 1.55. The fourth-order valence-corrected chi connectivity index (χ4v) is 1.64. The van der Waals surface area contributed by atoms with Gasteiger partial charge in [0.2, 0.25) is 5.95 Å². The van der Waals surface area contributed by atoms with Crippen LogP contribution < -0.4 is 5.56 Å². The van der Waals surface area contributed by atoms with Crippen molar-refractivity contribution in [3.05, 3.63) is 46.8 Å². The molecule has 3 heterocycles. The molecule has 0 bridgehead atoms. The first-order chi connectivity index (χ1) is 9.15. The number of aromatic nitrogens is 5. The second-order valence-electron chi connectivity index (χ2n) is 3.76. The molecule has 0 saturated carbocycles. The van der Waals surface area contributed by atoms with Crippen molar-refractivity contribution in [1.82, 2.24) is 24.7 Å². The number of pyridine rings is 1. The topological polar surface area (TPSA) is 114 Å². The summed E-state index contributed by atoms with van der Waals surface area (Å²) >= 11 is 0. The Balaban J connectivity index is 2.19. The highest BCUT2D eigenvalue weighted by molar-refractivity contribution is 5.87. The molecule has 3 aromatic rings. The number of rotatable bonds is 2. The minimum Gasteiger partial charge on any atom is -0.478 e. The molecule has 0 atom stereocenters. The van der Waals surface area contributed by atoms with Crippen LogP contribution in [0, 0.1) is 0 Å². The van der Waals surface area contributed by atoms with E-state index < -0.39 is 5.97 Å². The van der Waals surface area contributed by atoms with E-state index >= 15 is 0 Å². The Hall–Kier alpha value is -3.03. The number of carboxylic acid groups (broad SMARTS) is 1. The summed E-state index contributed by atoms with van der Waals surface area (Å²) in [4.78, 5) is 33.2. The first-order valence-electron chi connectivity index (χ1n) is 5.27. The Kier molecular flexibility index (Phi) is 2.34. The van der Waals surface area contributed by atoms with Crippen LogP contribution >= 0.6 is 0 Å². The number of hydrogen-bond acceptors (Lipinski definition) is 5. The number of H-pyrrole nitrogens is 1. The predicted molar refractivity (Wildman–Crippen MR) is 64.2 cm³/mol. The van der Waals surface area contributed by atoms with Crippen molar-refractivity contribution in [3.63, 3.8) is 0 Å². The van der Waals surface area contributed by atoms with Crippen LogP contribution in [-0.4, -0.2) is 35.8 Å². The molecule has 0 aliphatic rings. The van der Waals surface area contributed by atoms with Crippen LogP contribution in [-0.2, 0) is 0 Å². The average molecular weight is 257 g/mol. The van der Waals surface area contributed by atoms with Gasteiger partial charge >= 0.3 is 5.97 Å². The number of aromatic carboxylic acids is 1. The fourth-order valence-electron chi connectivity index (χ4n) is 1.64. The lowest BCUT2D eigenvalue weighted by Crippen LogP contribution is -2.13. The van der Waals surface area contributed by atoms with E-state index in [9.17, 15) is 9.59 Å². The Labute approximate surface area is 105 Å². The second-order valence-corrected chi connectivity index (χ2v) is 3.76. The van der Waals surface area contributed by atoms with Crippen LogP contribution in [0.4, 0.5) is 0 Å². The van der Waals surface area contributed by atoms with Crippen LogP contribution in [0.1, 0.15) is 10.4 Å². The molecule has 3 aromatic heterocycles. The molecule has 0 radical (unpaired) electrons. The zero-order chi connectivity index (χ0) is 13.4. The fraction of sp³-hybridized carbons (Fsp3) is 0. The van der Waals surface area contributed by atoms with Crippen molar-refractivity contribution >= 4 is 16.9 Å². The van der Waals surface area contributed by atoms with Gasteiger partial charge in [0.1, 0.15) is 0 Å². The van der Waals surface area contributed by atoms with E-state index in [4.69, 9.17) is 5.11 Å². The average Bonchev–Trinajstić information content (AvgIpc) is 2.88. The largest absolute Gasteiger partial charge is 0.478 e. The lowest BCUT2D eigenvalue weighted by molar-refractivity contribution is 0.0697. The van der Waals surface area contributed by atoms with Crippen LogP contribution in [0.5, 0.6) is 0 Å². The van der Waals surface area contributed by atoms with Crippen molar-refractivity contribution in [2.24, 2.45) is 0 Å². The molecule has 0 fully saturated rings. The van der Waals surface area contributed by atoms with Gasteiger partial charge in [-0.25, -0.2) is 14.5 Å². The molecule has 0 spiro atoms. The summed E-state index contributed by atoms with van der Waals surface area (Å²) in [6.45, 7) is 0. The minimum atomic E-state index is -1.10. The maximum atomic E-state index is 11.8. The summed E-state index contributed by atoms with van der Waals surface area (Å²) in [6.07, 6.45) is 5.39. The predicted octanol–water partition coefficient (Wildman–Crippen LogP) is 0.202. The first-order valence-corrected chi connectivity index (χ1v) is 5.27. The van der Waals surface area contributed by atoms with E-state index in [0.717, 1.165) is 0 Å². The van der Waals surface area contributed by atoms with Gasteiger partial charge in [0.25, 0.3) is 5.56 Å². The van der Waals surface area contributed by atoms with Gasteiger partial charge < -0.3 is 5.11 Å². The van der Waals surface area contributed by atoms with Crippen LogP contribution in [0.3, 0.4) is 0 Å². The van der Waals surface area contributed by atoms with E-state index in [2.05, 4.69) is 20.1 Å². The number of fused-ring (bicyclic) bond motifs is 1. The van der Waals surface area contributed by atoms with E-state index in [1.807, 2.05) is 0 Å². The highest BCUT2D eigenvalue weighted by atomic mass is 16.4. The maximum Gasteiger partial charge on any atom is 0.338 e. The smallest absolute Gasteiger partial charge is 0.338 e. The summed E-state index contributed by atoms with van der Waals surface area (Å²) < 4.78 is 1.19. The summed E-state index contributed by atoms with van der Waals surface area (Å²) in [5, 5.41) is 13.1. The second kappa shape index (κ2) is 4.02. The number of hydrogen-bond donors (Lipinski definition) is 2. The van der Waals surface area contributed by atoms with Crippen LogP contribution in [0.15, 0.2) is 35.6 Å². The molecule has 0 aromatic carbocycles. The zero-order valence-corrected chi connectivity index (χ0v) is 9.44. The molecule has 8 heteroatoms. The van der Waals surface area contributed by atoms with Gasteiger partial charge in [-0.1, -0.05) is 0 Å². The number of carboxylic acids is 1. The molecule has 2 N–H and O–H groups in total. The summed E-state index contributed by atoms with van der Waals surface area (Å²) in [7, 11) is 0. The number of nitrogens with zero attached hydrogens (tertiary/aromatic N) is 4. The van der Waals surface area contributed by atoms with Crippen molar-refractivity contribution in [2.75, 3.05) is 0 Å². The summed E-state index contributed by atoms with van der Waals surface area (Å²) in [5.74, 6) is -0.964.